The molecule has 1 N–H and O–H groups in total. The van der Waals surface area contributed by atoms with E-state index in [0.29, 0.717) is 27.4 Å². The van der Waals surface area contributed by atoms with Crippen LogP contribution in [-0.4, -0.2) is 31.4 Å². The molecule has 2 heterocycles. The second kappa shape index (κ2) is 9.07. The minimum atomic E-state index is -0.216. The topological polar surface area (TPSA) is 81.9 Å². The van der Waals surface area contributed by atoms with Gasteiger partial charge in [-0.15, -0.1) is 10.2 Å². The number of carbonyl (C=O) groups excluding carboxylic acids is 1. The van der Waals surface area contributed by atoms with E-state index in [1.807, 2.05) is 19.2 Å². The molecule has 0 aliphatic carbocycles. The minimum Gasteiger partial charge on any atom is -0.484 e. The summed E-state index contributed by atoms with van der Waals surface area (Å²) in [5, 5.41) is 12.3. The number of thioether (sulfide) groups is 1. The highest BCUT2D eigenvalue weighted by atomic mass is 35.5. The molecule has 3 rings (SSSR count). The summed E-state index contributed by atoms with van der Waals surface area (Å²) in [6.07, 6.45) is 1.55. The van der Waals surface area contributed by atoms with Gasteiger partial charge in [-0.25, -0.2) is 4.98 Å². The van der Waals surface area contributed by atoms with Crippen LogP contribution in [0.1, 0.15) is 5.82 Å². The van der Waals surface area contributed by atoms with Gasteiger partial charge in [0.05, 0.1) is 16.5 Å². The van der Waals surface area contributed by atoms with Gasteiger partial charge in [0.15, 0.2) is 16.1 Å². The van der Waals surface area contributed by atoms with Crippen LogP contribution in [0.4, 0.5) is 5.69 Å². The van der Waals surface area contributed by atoms with Crippen molar-refractivity contribution in [2.24, 2.45) is 7.05 Å². The van der Waals surface area contributed by atoms with Crippen molar-refractivity contribution in [1.82, 2.24) is 19.7 Å². The van der Waals surface area contributed by atoms with Gasteiger partial charge in [0.25, 0.3) is 0 Å². The number of benzene rings is 1. The highest BCUT2D eigenvalue weighted by Crippen LogP contribution is 2.24. The molecule has 0 bridgehead atoms. The van der Waals surface area contributed by atoms with E-state index in [4.69, 9.17) is 27.9 Å². The first-order valence-electron chi connectivity index (χ1n) is 7.83. The Morgan fingerprint density at radius 2 is 2.04 bits per heavy atom. The van der Waals surface area contributed by atoms with Crippen molar-refractivity contribution in [3.05, 3.63) is 58.6 Å². The number of para-hydroxylation sites is 1. The Bertz CT molecular complexity index is 951. The average molecular weight is 424 g/mol. The largest absolute Gasteiger partial charge is 0.484 e. The van der Waals surface area contributed by atoms with Crippen LogP contribution in [0.25, 0.3) is 0 Å². The molecule has 10 heteroatoms. The fraction of sp³-hybridized carbons (Fsp3) is 0.176. The van der Waals surface area contributed by atoms with Gasteiger partial charge >= 0.3 is 0 Å². The quantitative estimate of drug-likeness (QED) is 0.459. The smallest absolute Gasteiger partial charge is 0.234 e. The molecule has 0 unspecified atom stereocenters. The molecule has 1 aromatic carbocycles. The summed E-state index contributed by atoms with van der Waals surface area (Å²) in [5.41, 5.74) is 0.469. The molecule has 7 nitrogen and oxygen atoms in total. The summed E-state index contributed by atoms with van der Waals surface area (Å²) in [6, 6.07) is 10.6. The number of nitrogens with one attached hydrogen (secondary N) is 1. The molecule has 0 aliphatic heterocycles. The van der Waals surface area contributed by atoms with Crippen LogP contribution in [0, 0.1) is 0 Å². The lowest BCUT2D eigenvalue weighted by molar-refractivity contribution is -0.113. The Labute approximate surface area is 170 Å². The lowest BCUT2D eigenvalue weighted by atomic mass is 10.3. The van der Waals surface area contributed by atoms with Crippen molar-refractivity contribution in [3.8, 4) is 5.75 Å². The number of hydrogen-bond acceptors (Lipinski definition) is 6. The van der Waals surface area contributed by atoms with Gasteiger partial charge in [-0.05, 0) is 24.3 Å². The average Bonchev–Trinajstić information content (AvgIpc) is 3.01. The molecule has 0 atom stereocenters. The number of ether oxygens (including phenoxy) is 1. The molecule has 0 spiro atoms. The Morgan fingerprint density at radius 3 is 2.81 bits per heavy atom. The number of rotatable bonds is 7. The molecule has 0 aliphatic rings. The summed E-state index contributed by atoms with van der Waals surface area (Å²) in [4.78, 5) is 16.0. The second-order valence-corrected chi connectivity index (χ2v) is 7.06. The predicted octanol–water partition coefficient (Wildman–Crippen LogP) is 3.83. The van der Waals surface area contributed by atoms with Gasteiger partial charge in [-0.1, -0.05) is 47.1 Å². The van der Waals surface area contributed by atoms with Crippen LogP contribution in [0.15, 0.2) is 47.8 Å². The van der Waals surface area contributed by atoms with E-state index in [1.165, 1.54) is 11.8 Å². The van der Waals surface area contributed by atoms with Gasteiger partial charge in [0.1, 0.15) is 12.4 Å². The van der Waals surface area contributed by atoms with E-state index in [-0.39, 0.29) is 23.4 Å². The van der Waals surface area contributed by atoms with Crippen LogP contribution in [0.3, 0.4) is 0 Å². The number of amides is 1. The van der Waals surface area contributed by atoms with E-state index < -0.39 is 0 Å². The van der Waals surface area contributed by atoms with Crippen LogP contribution >= 0.6 is 35.0 Å². The number of halogens is 2. The lowest BCUT2D eigenvalue weighted by Gasteiger charge is -2.08. The van der Waals surface area contributed by atoms with Crippen molar-refractivity contribution in [2.45, 2.75) is 11.8 Å². The fourth-order valence-electron chi connectivity index (χ4n) is 2.10. The highest BCUT2D eigenvalue weighted by Gasteiger charge is 2.13. The van der Waals surface area contributed by atoms with Gasteiger partial charge in [-0.3, -0.25) is 4.79 Å². The maximum Gasteiger partial charge on any atom is 0.234 e. The first kappa shape index (κ1) is 19.5. The number of pyridine rings is 1. The molecular weight excluding hydrogens is 409 g/mol. The molecule has 0 fully saturated rings. The molecule has 0 radical (unpaired) electrons. The van der Waals surface area contributed by atoms with Crippen molar-refractivity contribution >= 4 is 46.6 Å². The SMILES string of the molecule is Cn1c(COc2ccccc2Cl)nnc1SCC(=O)Nc1cccnc1Cl. The third-order valence-corrected chi connectivity index (χ3v) is 5.12. The third kappa shape index (κ3) is 5.12. The van der Waals surface area contributed by atoms with Gasteiger partial charge in [0.2, 0.25) is 5.91 Å². The first-order valence-corrected chi connectivity index (χ1v) is 9.57. The zero-order valence-corrected chi connectivity index (χ0v) is 16.6. The number of anilines is 1. The highest BCUT2D eigenvalue weighted by molar-refractivity contribution is 7.99. The molecule has 0 saturated carbocycles. The van der Waals surface area contributed by atoms with Crippen molar-refractivity contribution < 1.29 is 9.53 Å². The fourth-order valence-corrected chi connectivity index (χ4v) is 3.18. The van der Waals surface area contributed by atoms with Gasteiger partial charge < -0.3 is 14.6 Å². The zero-order valence-electron chi connectivity index (χ0n) is 14.2. The molecule has 1 amide bonds. The van der Waals surface area contributed by atoms with Crippen molar-refractivity contribution in [3.63, 3.8) is 0 Å². The normalized spacial score (nSPS) is 10.6. The summed E-state index contributed by atoms with van der Waals surface area (Å²) in [5.74, 6) is 1.13. The van der Waals surface area contributed by atoms with Crippen molar-refractivity contribution in [2.75, 3.05) is 11.1 Å². The monoisotopic (exact) mass is 423 g/mol. The third-order valence-electron chi connectivity index (χ3n) is 3.48. The number of aromatic nitrogens is 4. The Morgan fingerprint density at radius 1 is 1.22 bits per heavy atom. The Kier molecular flexibility index (Phi) is 6.54. The van der Waals surface area contributed by atoms with E-state index in [2.05, 4.69) is 20.5 Å². The van der Waals surface area contributed by atoms with E-state index in [9.17, 15) is 4.79 Å². The summed E-state index contributed by atoms with van der Waals surface area (Å²) >= 11 is 13.3. The lowest BCUT2D eigenvalue weighted by Crippen LogP contribution is -2.15. The van der Waals surface area contributed by atoms with Crippen molar-refractivity contribution in [1.29, 1.82) is 0 Å². The number of carbonyl (C=O) groups is 1. The van der Waals surface area contributed by atoms with Crippen LogP contribution in [0.5, 0.6) is 5.75 Å². The van der Waals surface area contributed by atoms with Gasteiger partial charge in [0, 0.05) is 13.2 Å². The number of nitrogens with zero attached hydrogens (tertiary/aromatic N) is 4. The van der Waals surface area contributed by atoms with Crippen LogP contribution < -0.4 is 10.1 Å². The van der Waals surface area contributed by atoms with Crippen LogP contribution in [0.2, 0.25) is 10.2 Å². The standard InChI is InChI=1S/C17H15Cl2N5O2S/c1-24-14(9-26-13-7-3-2-5-11(13)18)22-23-17(24)27-10-15(25)21-12-6-4-8-20-16(12)19/h2-8H,9-10H2,1H3,(H,21,25). The summed E-state index contributed by atoms with van der Waals surface area (Å²) < 4.78 is 7.44. The summed E-state index contributed by atoms with van der Waals surface area (Å²) in [6.45, 7) is 0.214. The second-order valence-electron chi connectivity index (χ2n) is 5.36. The van der Waals surface area contributed by atoms with E-state index in [0.717, 1.165) is 0 Å². The molecular formula is C17H15Cl2N5O2S. The predicted molar refractivity (Wildman–Crippen MR) is 105 cm³/mol. The Balaban J connectivity index is 1.55. The van der Waals surface area contributed by atoms with Gasteiger partial charge in [-0.2, -0.15) is 0 Å². The molecule has 140 valence electrons. The number of hydrogen-bond donors (Lipinski definition) is 1. The first-order chi connectivity index (χ1) is 13.0. The maximum atomic E-state index is 12.1. The van der Waals surface area contributed by atoms with E-state index >= 15 is 0 Å². The molecule has 27 heavy (non-hydrogen) atoms. The Hall–Kier alpha value is -2.29. The minimum absolute atomic E-state index is 0.155. The molecule has 2 aromatic heterocycles. The summed E-state index contributed by atoms with van der Waals surface area (Å²) in [7, 11) is 1.81. The van der Waals surface area contributed by atoms with E-state index in [1.54, 1.807) is 35.0 Å². The molecule has 3 aromatic rings. The zero-order chi connectivity index (χ0) is 19.2. The maximum absolute atomic E-state index is 12.1. The van der Waals surface area contributed by atoms with Crippen LogP contribution in [-0.2, 0) is 18.4 Å². The molecule has 0 saturated heterocycles.